The summed E-state index contributed by atoms with van der Waals surface area (Å²) >= 11 is 6.38. The van der Waals surface area contributed by atoms with Gasteiger partial charge in [0.25, 0.3) is 10.0 Å². The molecule has 0 saturated carbocycles. The van der Waals surface area contributed by atoms with Crippen molar-refractivity contribution >= 4 is 32.5 Å². The lowest BCUT2D eigenvalue weighted by Crippen LogP contribution is -2.17. The van der Waals surface area contributed by atoms with Crippen molar-refractivity contribution < 1.29 is 13.2 Å². The summed E-state index contributed by atoms with van der Waals surface area (Å²) in [6, 6.07) is 8.69. The summed E-state index contributed by atoms with van der Waals surface area (Å²) in [5.41, 5.74) is 3.10. The molecule has 0 aliphatic carbocycles. The molecule has 26 heavy (non-hydrogen) atoms. The van der Waals surface area contributed by atoms with E-state index in [-0.39, 0.29) is 4.90 Å². The van der Waals surface area contributed by atoms with Crippen LogP contribution in [0.25, 0.3) is 22.0 Å². The molecule has 2 aromatic carbocycles. The lowest BCUT2D eigenvalue weighted by Gasteiger charge is -2.20. The second-order valence-electron chi connectivity index (χ2n) is 6.72. The average Bonchev–Trinajstić information content (AvgIpc) is 2.97. The van der Waals surface area contributed by atoms with E-state index in [0.717, 1.165) is 29.5 Å². The summed E-state index contributed by atoms with van der Waals surface area (Å²) in [4.78, 5) is 2.34. The third kappa shape index (κ3) is 2.52. The summed E-state index contributed by atoms with van der Waals surface area (Å²) in [5.74, 6) is 0.611. The first-order chi connectivity index (χ1) is 12.3. The van der Waals surface area contributed by atoms with Gasteiger partial charge in [-0.3, -0.25) is 0 Å². The van der Waals surface area contributed by atoms with Gasteiger partial charge < -0.3 is 9.64 Å². The van der Waals surface area contributed by atoms with Crippen LogP contribution in [0.1, 0.15) is 5.56 Å². The van der Waals surface area contributed by atoms with Crippen LogP contribution in [0.4, 0.5) is 0 Å². The molecule has 0 N–H and O–H groups in total. The quantitative estimate of drug-likeness (QED) is 0.534. The van der Waals surface area contributed by atoms with Gasteiger partial charge in [0.15, 0.2) is 0 Å². The van der Waals surface area contributed by atoms with E-state index in [0.29, 0.717) is 21.9 Å². The number of aromatic nitrogens is 1. The Bertz CT molecular complexity index is 1130. The van der Waals surface area contributed by atoms with E-state index < -0.39 is 10.0 Å². The maximum atomic E-state index is 13.2. The molecular weight excluding hydrogens is 372 g/mol. The fourth-order valence-electron chi connectivity index (χ4n) is 3.47. The molecule has 0 spiro atoms. The van der Waals surface area contributed by atoms with Gasteiger partial charge in [-0.2, -0.15) is 0 Å². The first-order valence-electron chi connectivity index (χ1n) is 8.25. The van der Waals surface area contributed by atoms with Crippen LogP contribution in [0.3, 0.4) is 0 Å². The van der Waals surface area contributed by atoms with Crippen LogP contribution in [0.15, 0.2) is 41.4 Å². The van der Waals surface area contributed by atoms with Gasteiger partial charge in [-0.1, -0.05) is 11.6 Å². The van der Waals surface area contributed by atoms with Crippen molar-refractivity contribution in [1.29, 1.82) is 0 Å². The van der Waals surface area contributed by atoms with Gasteiger partial charge in [0, 0.05) is 34.3 Å². The highest BCUT2D eigenvalue weighted by atomic mass is 35.5. The van der Waals surface area contributed by atoms with Gasteiger partial charge in [0.2, 0.25) is 0 Å². The number of halogens is 1. The summed E-state index contributed by atoms with van der Waals surface area (Å²) in [5, 5.41) is 1.47. The topological polar surface area (TPSA) is 51.5 Å². The Morgan fingerprint density at radius 3 is 2.62 bits per heavy atom. The Morgan fingerprint density at radius 2 is 1.92 bits per heavy atom. The highest BCUT2D eigenvalue weighted by Gasteiger charge is 2.32. The summed E-state index contributed by atoms with van der Waals surface area (Å²) in [7, 11) is 1.89. The number of hydrogen-bond acceptors (Lipinski definition) is 4. The first-order valence-corrected chi connectivity index (χ1v) is 10.1. The Morgan fingerprint density at radius 1 is 1.15 bits per heavy atom. The number of fused-ring (bicyclic) bond motifs is 2. The zero-order valence-electron chi connectivity index (χ0n) is 14.8. The molecule has 0 atom stereocenters. The lowest BCUT2D eigenvalue weighted by atomic mass is 10.0. The van der Waals surface area contributed by atoms with Crippen LogP contribution in [-0.2, 0) is 16.4 Å². The van der Waals surface area contributed by atoms with E-state index >= 15 is 0 Å². The Labute approximate surface area is 157 Å². The summed E-state index contributed by atoms with van der Waals surface area (Å²) < 4.78 is 33.1. The minimum absolute atomic E-state index is 0.268. The van der Waals surface area contributed by atoms with Crippen molar-refractivity contribution in [1.82, 2.24) is 8.87 Å². The molecule has 0 radical (unpaired) electrons. The highest BCUT2D eigenvalue weighted by Crippen LogP contribution is 2.44. The monoisotopic (exact) mass is 390 g/mol. The average molecular weight is 391 g/mol. The number of hydrogen-bond donors (Lipinski definition) is 0. The smallest absolute Gasteiger partial charge is 0.268 e. The highest BCUT2D eigenvalue weighted by molar-refractivity contribution is 7.90. The molecule has 1 aliphatic rings. The zero-order chi connectivity index (χ0) is 18.6. The van der Waals surface area contributed by atoms with Crippen LogP contribution >= 0.6 is 11.6 Å². The third-order valence-electron chi connectivity index (χ3n) is 4.76. The predicted octanol–water partition coefficient (Wildman–Crippen LogP) is 3.62. The van der Waals surface area contributed by atoms with Crippen molar-refractivity contribution in [3.63, 3.8) is 0 Å². The zero-order valence-corrected chi connectivity index (χ0v) is 16.4. The predicted molar refractivity (Wildman–Crippen MR) is 104 cm³/mol. The van der Waals surface area contributed by atoms with Crippen LogP contribution in [0.2, 0.25) is 5.02 Å². The Balaban J connectivity index is 2.07. The summed E-state index contributed by atoms with van der Waals surface area (Å²) in [6.07, 6.45) is 2.47. The van der Waals surface area contributed by atoms with Gasteiger partial charge in [0.1, 0.15) is 5.75 Å². The number of ether oxygens (including phenoxy) is 1. The molecular formula is C19H19ClN2O3S. The SMILES string of the molecule is COc1ccc2c(c1)-c1cc(Cl)cc3c(CCN(C)C)cn(c13)S2(=O)=O. The second-order valence-corrected chi connectivity index (χ2v) is 8.94. The molecule has 0 fully saturated rings. The van der Waals surface area contributed by atoms with Crippen molar-refractivity contribution in [2.45, 2.75) is 11.3 Å². The Hall–Kier alpha value is -2.02. The molecule has 1 aliphatic heterocycles. The number of rotatable bonds is 4. The molecule has 1 aromatic heterocycles. The third-order valence-corrected chi connectivity index (χ3v) is 6.69. The molecule has 0 unspecified atom stereocenters. The van der Waals surface area contributed by atoms with E-state index in [4.69, 9.17) is 16.3 Å². The van der Waals surface area contributed by atoms with Crippen molar-refractivity contribution in [3.05, 3.63) is 47.1 Å². The fraction of sp³-hybridized carbons (Fsp3) is 0.263. The summed E-state index contributed by atoms with van der Waals surface area (Å²) in [6.45, 7) is 0.821. The molecule has 3 aromatic rings. The van der Waals surface area contributed by atoms with Crippen LogP contribution in [0.5, 0.6) is 5.75 Å². The van der Waals surface area contributed by atoms with E-state index in [1.165, 1.54) is 3.97 Å². The van der Waals surface area contributed by atoms with Crippen molar-refractivity contribution in [2.75, 3.05) is 27.7 Å². The minimum Gasteiger partial charge on any atom is -0.497 e. The minimum atomic E-state index is -3.66. The van der Waals surface area contributed by atoms with Crippen LogP contribution in [-0.4, -0.2) is 45.0 Å². The molecule has 2 heterocycles. The lowest BCUT2D eigenvalue weighted by molar-refractivity contribution is 0.414. The molecule has 7 heteroatoms. The van der Waals surface area contributed by atoms with Gasteiger partial charge in [-0.15, -0.1) is 0 Å². The van der Waals surface area contributed by atoms with Crippen molar-refractivity contribution in [2.24, 2.45) is 0 Å². The number of benzene rings is 2. The molecule has 0 saturated heterocycles. The van der Waals surface area contributed by atoms with Gasteiger partial charge >= 0.3 is 0 Å². The van der Waals surface area contributed by atoms with E-state index in [9.17, 15) is 8.42 Å². The van der Waals surface area contributed by atoms with Gasteiger partial charge in [-0.25, -0.2) is 12.4 Å². The standard InChI is InChI=1S/C19H19ClN2O3S/c1-21(2)7-6-12-11-22-19-15(12)8-13(20)9-17(19)16-10-14(25-3)4-5-18(16)26(22,23)24/h4-5,8-11H,6-7H2,1-3H3. The van der Waals surface area contributed by atoms with E-state index in [2.05, 4.69) is 4.90 Å². The Kier molecular flexibility index (Phi) is 4.02. The number of likely N-dealkylation sites (N-methyl/N-ethyl adjacent to an activating group) is 1. The number of methoxy groups -OCH3 is 1. The van der Waals surface area contributed by atoms with Gasteiger partial charge in [0.05, 0.1) is 17.5 Å². The molecule has 4 rings (SSSR count). The molecule has 136 valence electrons. The maximum Gasteiger partial charge on any atom is 0.268 e. The van der Waals surface area contributed by atoms with E-state index in [1.54, 1.807) is 31.5 Å². The first kappa shape index (κ1) is 17.4. The number of nitrogens with zero attached hydrogens (tertiary/aromatic N) is 2. The van der Waals surface area contributed by atoms with Gasteiger partial charge in [-0.05, 0) is 56.4 Å². The second kappa shape index (κ2) is 6.01. The normalized spacial score (nSPS) is 14.7. The van der Waals surface area contributed by atoms with Crippen LogP contribution in [0, 0.1) is 0 Å². The van der Waals surface area contributed by atoms with Crippen LogP contribution < -0.4 is 4.74 Å². The maximum absolute atomic E-state index is 13.2. The molecule has 5 nitrogen and oxygen atoms in total. The molecule has 0 bridgehead atoms. The fourth-order valence-corrected chi connectivity index (χ4v) is 5.29. The largest absolute Gasteiger partial charge is 0.497 e. The van der Waals surface area contributed by atoms with Crippen molar-refractivity contribution in [3.8, 4) is 16.9 Å². The molecule has 0 amide bonds. The van der Waals surface area contributed by atoms with E-state index in [1.807, 2.05) is 26.2 Å².